The van der Waals surface area contributed by atoms with Gasteiger partial charge in [0.1, 0.15) is 11.8 Å². The molecule has 0 amide bonds. The Hall–Kier alpha value is -2.86. The lowest BCUT2D eigenvalue weighted by Crippen LogP contribution is -2.09. The van der Waals surface area contributed by atoms with E-state index in [-0.39, 0.29) is 18.3 Å². The Morgan fingerprint density at radius 2 is 2.08 bits per heavy atom. The number of carbonyl (C=O) groups is 1. The maximum absolute atomic E-state index is 12.3. The number of rotatable bonds is 5. The summed E-state index contributed by atoms with van der Waals surface area (Å²) in [5.41, 5.74) is 9.21. The van der Waals surface area contributed by atoms with Crippen LogP contribution in [0.5, 0.6) is 0 Å². The van der Waals surface area contributed by atoms with Crippen LogP contribution in [0.3, 0.4) is 0 Å². The second-order valence-electron chi connectivity index (χ2n) is 5.82. The number of Topliss-reactive ketones (excluding diaryl/α,β-unsaturated/α-hetero) is 1. The number of aliphatic hydroxyl groups excluding tert-OH is 1. The topological polar surface area (TPSA) is 102 Å². The summed E-state index contributed by atoms with van der Waals surface area (Å²) in [6.07, 6.45) is 1.71. The van der Waals surface area contributed by atoms with Gasteiger partial charge < -0.3 is 10.8 Å². The molecule has 6 nitrogen and oxygen atoms in total. The predicted molar refractivity (Wildman–Crippen MR) is 92.4 cm³/mol. The van der Waals surface area contributed by atoms with Crippen LogP contribution >= 0.6 is 0 Å². The van der Waals surface area contributed by atoms with Crippen molar-refractivity contribution in [3.05, 3.63) is 48.3 Å². The molecule has 24 heavy (non-hydrogen) atoms. The van der Waals surface area contributed by atoms with E-state index in [4.69, 9.17) is 10.8 Å². The molecule has 1 unspecified atom stereocenters. The van der Waals surface area contributed by atoms with Gasteiger partial charge in [0.15, 0.2) is 11.6 Å². The molecule has 1 aromatic carbocycles. The molecule has 122 valence electrons. The van der Waals surface area contributed by atoms with Gasteiger partial charge in [-0.1, -0.05) is 25.1 Å². The number of nitrogens with zero attached hydrogens (tertiary/aromatic N) is 3. The SMILES string of the molecule is CC(CO)CC(=O)c1cccc(-c2ccc3ncnc(N)c3n2)c1. The van der Waals surface area contributed by atoms with Crippen LogP contribution in [0, 0.1) is 5.92 Å². The third kappa shape index (κ3) is 3.23. The lowest BCUT2D eigenvalue weighted by atomic mass is 9.98. The molecular weight excluding hydrogens is 304 g/mol. The third-order valence-electron chi connectivity index (χ3n) is 3.84. The van der Waals surface area contributed by atoms with E-state index in [1.807, 2.05) is 31.2 Å². The number of nitrogen functional groups attached to an aromatic ring is 1. The van der Waals surface area contributed by atoms with Gasteiger partial charge in [0.05, 0.1) is 11.2 Å². The van der Waals surface area contributed by atoms with Gasteiger partial charge in [-0.25, -0.2) is 15.0 Å². The molecule has 0 saturated carbocycles. The molecular formula is C18H18N4O2. The highest BCUT2D eigenvalue weighted by Crippen LogP contribution is 2.23. The molecule has 3 N–H and O–H groups in total. The molecule has 0 spiro atoms. The Labute approximate surface area is 139 Å². The predicted octanol–water partition coefficient (Wildman–Crippen LogP) is 2.48. The van der Waals surface area contributed by atoms with E-state index in [1.165, 1.54) is 6.33 Å². The highest BCUT2D eigenvalue weighted by Gasteiger charge is 2.12. The summed E-state index contributed by atoms with van der Waals surface area (Å²) in [5, 5.41) is 9.10. The Morgan fingerprint density at radius 3 is 2.88 bits per heavy atom. The van der Waals surface area contributed by atoms with Crippen molar-refractivity contribution >= 4 is 22.6 Å². The maximum Gasteiger partial charge on any atom is 0.163 e. The fourth-order valence-electron chi connectivity index (χ4n) is 2.47. The van der Waals surface area contributed by atoms with Gasteiger partial charge in [0, 0.05) is 24.2 Å². The van der Waals surface area contributed by atoms with Gasteiger partial charge in [-0.2, -0.15) is 0 Å². The molecule has 2 heterocycles. The lowest BCUT2D eigenvalue weighted by Gasteiger charge is -2.08. The molecule has 0 aliphatic heterocycles. The van der Waals surface area contributed by atoms with Crippen LogP contribution in [0.2, 0.25) is 0 Å². The fraction of sp³-hybridized carbons (Fsp3) is 0.222. The summed E-state index contributed by atoms with van der Waals surface area (Å²) in [7, 11) is 0. The van der Waals surface area contributed by atoms with Crippen molar-refractivity contribution in [3.63, 3.8) is 0 Å². The summed E-state index contributed by atoms with van der Waals surface area (Å²) in [6.45, 7) is 1.84. The van der Waals surface area contributed by atoms with Crippen LogP contribution in [0.4, 0.5) is 5.82 Å². The first-order chi connectivity index (χ1) is 11.6. The first-order valence-corrected chi connectivity index (χ1v) is 7.70. The van der Waals surface area contributed by atoms with E-state index < -0.39 is 0 Å². The molecule has 3 aromatic rings. The van der Waals surface area contributed by atoms with Gasteiger partial charge in [-0.15, -0.1) is 0 Å². The Balaban J connectivity index is 1.97. The molecule has 0 aliphatic carbocycles. The molecule has 2 aromatic heterocycles. The number of benzene rings is 1. The standard InChI is InChI=1S/C18H18N4O2/c1-11(9-23)7-16(24)13-4-2-3-12(8-13)14-5-6-15-17(22-14)18(19)21-10-20-15/h2-6,8,10-11,23H,7,9H2,1H3,(H2,19,20,21). The van der Waals surface area contributed by atoms with E-state index >= 15 is 0 Å². The van der Waals surface area contributed by atoms with E-state index in [2.05, 4.69) is 15.0 Å². The van der Waals surface area contributed by atoms with Crippen LogP contribution < -0.4 is 5.73 Å². The second-order valence-corrected chi connectivity index (χ2v) is 5.82. The minimum absolute atomic E-state index is 0.00189. The van der Waals surface area contributed by atoms with E-state index in [0.29, 0.717) is 34.5 Å². The van der Waals surface area contributed by atoms with E-state index in [9.17, 15) is 4.79 Å². The first-order valence-electron chi connectivity index (χ1n) is 7.70. The largest absolute Gasteiger partial charge is 0.396 e. The smallest absolute Gasteiger partial charge is 0.163 e. The number of nitrogens with two attached hydrogens (primary N) is 1. The zero-order chi connectivity index (χ0) is 17.1. The van der Waals surface area contributed by atoms with Gasteiger partial charge in [-0.3, -0.25) is 4.79 Å². The van der Waals surface area contributed by atoms with E-state index in [1.54, 1.807) is 12.1 Å². The van der Waals surface area contributed by atoms with Crippen LogP contribution in [-0.2, 0) is 0 Å². The third-order valence-corrected chi connectivity index (χ3v) is 3.84. The van der Waals surface area contributed by atoms with Crippen LogP contribution in [0.15, 0.2) is 42.7 Å². The maximum atomic E-state index is 12.3. The number of aliphatic hydroxyl groups is 1. The van der Waals surface area contributed by atoms with Crippen molar-refractivity contribution in [2.75, 3.05) is 12.3 Å². The first kappa shape index (κ1) is 16.0. The molecule has 1 atom stereocenters. The number of anilines is 1. The number of pyridine rings is 1. The average Bonchev–Trinajstić information content (AvgIpc) is 2.61. The minimum Gasteiger partial charge on any atom is -0.396 e. The zero-order valence-corrected chi connectivity index (χ0v) is 13.3. The Kier molecular flexibility index (Phi) is 4.48. The van der Waals surface area contributed by atoms with Gasteiger partial charge >= 0.3 is 0 Å². The summed E-state index contributed by atoms with van der Waals surface area (Å²) in [5.74, 6) is 0.268. The monoisotopic (exact) mass is 322 g/mol. The highest BCUT2D eigenvalue weighted by molar-refractivity contribution is 5.97. The summed E-state index contributed by atoms with van der Waals surface area (Å²) >= 11 is 0. The number of fused-ring (bicyclic) bond motifs is 1. The van der Waals surface area contributed by atoms with Crippen molar-refractivity contribution in [1.29, 1.82) is 0 Å². The minimum atomic E-state index is -0.0584. The second kappa shape index (κ2) is 6.72. The normalized spacial score (nSPS) is 12.2. The zero-order valence-electron chi connectivity index (χ0n) is 13.3. The Morgan fingerprint density at radius 1 is 1.25 bits per heavy atom. The van der Waals surface area contributed by atoms with Crippen molar-refractivity contribution in [2.45, 2.75) is 13.3 Å². The van der Waals surface area contributed by atoms with Gasteiger partial charge in [-0.05, 0) is 24.1 Å². The summed E-state index contributed by atoms with van der Waals surface area (Å²) in [6, 6.07) is 11.0. The van der Waals surface area contributed by atoms with Crippen molar-refractivity contribution in [1.82, 2.24) is 15.0 Å². The molecule has 0 radical (unpaired) electrons. The average molecular weight is 322 g/mol. The Bertz CT molecular complexity index is 895. The van der Waals surface area contributed by atoms with Gasteiger partial charge in [0.2, 0.25) is 0 Å². The summed E-state index contributed by atoms with van der Waals surface area (Å²) in [4.78, 5) is 24.9. The van der Waals surface area contributed by atoms with Crippen LogP contribution in [-0.4, -0.2) is 32.4 Å². The molecule has 0 aliphatic rings. The van der Waals surface area contributed by atoms with Crippen LogP contribution in [0.25, 0.3) is 22.3 Å². The molecule has 0 bridgehead atoms. The van der Waals surface area contributed by atoms with Crippen LogP contribution in [0.1, 0.15) is 23.7 Å². The number of carbonyl (C=O) groups excluding carboxylic acids is 1. The fourth-order valence-corrected chi connectivity index (χ4v) is 2.47. The van der Waals surface area contributed by atoms with Crippen molar-refractivity contribution in [2.24, 2.45) is 5.92 Å². The number of aromatic nitrogens is 3. The lowest BCUT2D eigenvalue weighted by molar-refractivity contribution is 0.0943. The quantitative estimate of drug-likeness (QED) is 0.700. The van der Waals surface area contributed by atoms with Gasteiger partial charge in [0.25, 0.3) is 0 Å². The molecule has 0 saturated heterocycles. The molecule has 3 rings (SSSR count). The number of hydrogen-bond donors (Lipinski definition) is 2. The van der Waals surface area contributed by atoms with Crippen molar-refractivity contribution in [3.8, 4) is 11.3 Å². The number of hydrogen-bond acceptors (Lipinski definition) is 6. The molecule has 6 heteroatoms. The number of ketones is 1. The van der Waals surface area contributed by atoms with Crippen molar-refractivity contribution < 1.29 is 9.90 Å². The highest BCUT2D eigenvalue weighted by atomic mass is 16.3. The summed E-state index contributed by atoms with van der Waals surface area (Å²) < 4.78 is 0. The van der Waals surface area contributed by atoms with E-state index in [0.717, 1.165) is 5.56 Å². The molecule has 0 fully saturated rings.